The molecule has 14 heavy (non-hydrogen) atoms. The number of methoxy groups -OCH3 is 1. The summed E-state index contributed by atoms with van der Waals surface area (Å²) in [6.45, 7) is 2.16. The van der Waals surface area contributed by atoms with Gasteiger partial charge in [0.15, 0.2) is 0 Å². The number of likely N-dealkylation sites (tertiary alicyclic amines) is 1. The van der Waals surface area contributed by atoms with Gasteiger partial charge in [0, 0.05) is 26.7 Å². The molecule has 1 aliphatic rings. The number of hydrogen-bond acceptors (Lipinski definition) is 3. The molecule has 1 amide bonds. The van der Waals surface area contributed by atoms with Gasteiger partial charge in [0.25, 0.3) is 0 Å². The van der Waals surface area contributed by atoms with Crippen LogP contribution < -0.4 is 0 Å². The fourth-order valence-corrected chi connectivity index (χ4v) is 1.86. The molecule has 1 atom stereocenters. The standard InChI is InChI=1S/C10H20N2O2/c1-11-6-4-5-9(11)7-12(2)10(13)8-14-3/h9H,4-8H2,1-3H3. The number of carbonyl (C=O) groups is 1. The van der Waals surface area contributed by atoms with Crippen molar-refractivity contribution in [3.63, 3.8) is 0 Å². The molecular weight excluding hydrogens is 180 g/mol. The van der Waals surface area contributed by atoms with Crippen LogP contribution in [-0.2, 0) is 9.53 Å². The molecule has 0 saturated carbocycles. The minimum atomic E-state index is 0.0628. The van der Waals surface area contributed by atoms with Gasteiger partial charge in [0.05, 0.1) is 0 Å². The topological polar surface area (TPSA) is 32.8 Å². The SMILES string of the molecule is COCC(=O)N(C)CC1CCCN1C. The van der Waals surface area contributed by atoms with Crippen molar-refractivity contribution in [2.24, 2.45) is 0 Å². The molecule has 82 valence electrons. The minimum Gasteiger partial charge on any atom is -0.375 e. The van der Waals surface area contributed by atoms with E-state index in [-0.39, 0.29) is 12.5 Å². The van der Waals surface area contributed by atoms with Crippen LogP contribution in [0, 0.1) is 0 Å². The lowest BCUT2D eigenvalue weighted by Crippen LogP contribution is -2.40. The maximum Gasteiger partial charge on any atom is 0.248 e. The van der Waals surface area contributed by atoms with Gasteiger partial charge in [-0.25, -0.2) is 0 Å². The lowest BCUT2D eigenvalue weighted by molar-refractivity contribution is -0.134. The van der Waals surface area contributed by atoms with E-state index in [4.69, 9.17) is 4.74 Å². The molecule has 0 aromatic carbocycles. The highest BCUT2D eigenvalue weighted by atomic mass is 16.5. The Hall–Kier alpha value is -0.610. The zero-order valence-electron chi connectivity index (χ0n) is 9.32. The highest BCUT2D eigenvalue weighted by Crippen LogP contribution is 2.15. The lowest BCUT2D eigenvalue weighted by atomic mass is 10.2. The third kappa shape index (κ3) is 2.96. The number of likely N-dealkylation sites (N-methyl/N-ethyl adjacent to an activating group) is 2. The van der Waals surface area contributed by atoms with Gasteiger partial charge in [-0.05, 0) is 26.4 Å². The Morgan fingerprint density at radius 2 is 2.36 bits per heavy atom. The van der Waals surface area contributed by atoms with Crippen LogP contribution in [0.4, 0.5) is 0 Å². The summed E-state index contributed by atoms with van der Waals surface area (Å²) in [5.41, 5.74) is 0. The quantitative estimate of drug-likeness (QED) is 0.649. The molecule has 1 unspecified atom stereocenters. The summed E-state index contributed by atoms with van der Waals surface area (Å²) in [4.78, 5) is 15.5. The van der Waals surface area contributed by atoms with Crippen LogP contribution in [-0.4, -0.2) is 62.7 Å². The van der Waals surface area contributed by atoms with Crippen LogP contribution in [0.5, 0.6) is 0 Å². The molecule has 0 N–H and O–H groups in total. The Morgan fingerprint density at radius 3 is 2.86 bits per heavy atom. The van der Waals surface area contributed by atoms with Gasteiger partial charge < -0.3 is 14.5 Å². The third-order valence-electron chi connectivity index (χ3n) is 2.85. The van der Waals surface area contributed by atoms with E-state index in [0.29, 0.717) is 6.04 Å². The molecule has 0 aromatic heterocycles. The molecule has 0 bridgehead atoms. The predicted octanol–water partition coefficient (Wildman–Crippen LogP) is 0.185. The monoisotopic (exact) mass is 200 g/mol. The number of amides is 1. The summed E-state index contributed by atoms with van der Waals surface area (Å²) < 4.78 is 4.81. The molecule has 0 aromatic rings. The van der Waals surface area contributed by atoms with E-state index >= 15 is 0 Å². The number of hydrogen-bond donors (Lipinski definition) is 0. The summed E-state index contributed by atoms with van der Waals surface area (Å²) in [6.07, 6.45) is 2.44. The Labute approximate surface area is 85.8 Å². The highest BCUT2D eigenvalue weighted by Gasteiger charge is 2.23. The summed E-state index contributed by atoms with van der Waals surface area (Å²) in [5.74, 6) is 0.0628. The lowest BCUT2D eigenvalue weighted by Gasteiger charge is -2.25. The van der Waals surface area contributed by atoms with E-state index in [1.54, 1.807) is 12.0 Å². The van der Waals surface area contributed by atoms with Gasteiger partial charge in [-0.3, -0.25) is 4.79 Å². The first-order valence-electron chi connectivity index (χ1n) is 5.08. The average molecular weight is 200 g/mol. The van der Waals surface area contributed by atoms with Crippen molar-refractivity contribution >= 4 is 5.91 Å². The molecule has 1 rings (SSSR count). The molecule has 0 spiro atoms. The molecule has 1 fully saturated rings. The summed E-state index contributed by atoms with van der Waals surface area (Å²) in [7, 11) is 5.51. The van der Waals surface area contributed by atoms with Crippen LogP contribution in [0.15, 0.2) is 0 Å². The van der Waals surface area contributed by atoms with Gasteiger partial charge >= 0.3 is 0 Å². The van der Waals surface area contributed by atoms with Crippen molar-refractivity contribution in [1.29, 1.82) is 0 Å². The number of rotatable bonds is 4. The van der Waals surface area contributed by atoms with Crippen LogP contribution in [0.25, 0.3) is 0 Å². The fourth-order valence-electron chi connectivity index (χ4n) is 1.86. The van der Waals surface area contributed by atoms with E-state index in [2.05, 4.69) is 11.9 Å². The van der Waals surface area contributed by atoms with E-state index in [1.807, 2.05) is 7.05 Å². The zero-order chi connectivity index (χ0) is 10.6. The van der Waals surface area contributed by atoms with E-state index in [1.165, 1.54) is 12.8 Å². The Balaban J connectivity index is 2.32. The van der Waals surface area contributed by atoms with Crippen LogP contribution in [0.2, 0.25) is 0 Å². The van der Waals surface area contributed by atoms with Crippen molar-refractivity contribution in [1.82, 2.24) is 9.80 Å². The van der Waals surface area contributed by atoms with Crippen LogP contribution in [0.1, 0.15) is 12.8 Å². The molecule has 1 saturated heterocycles. The van der Waals surface area contributed by atoms with Crippen molar-refractivity contribution in [3.05, 3.63) is 0 Å². The molecule has 0 aliphatic carbocycles. The molecule has 0 radical (unpaired) electrons. The van der Waals surface area contributed by atoms with Gasteiger partial charge in [-0.1, -0.05) is 0 Å². The smallest absolute Gasteiger partial charge is 0.248 e. The van der Waals surface area contributed by atoms with Crippen LogP contribution in [0.3, 0.4) is 0 Å². The minimum absolute atomic E-state index is 0.0628. The summed E-state index contributed by atoms with van der Waals surface area (Å²) in [6, 6.07) is 0.529. The second kappa shape index (κ2) is 5.32. The van der Waals surface area contributed by atoms with Gasteiger partial charge in [-0.2, -0.15) is 0 Å². The van der Waals surface area contributed by atoms with Crippen LogP contribution >= 0.6 is 0 Å². The van der Waals surface area contributed by atoms with E-state index in [0.717, 1.165) is 13.1 Å². The first-order valence-corrected chi connectivity index (χ1v) is 5.08. The largest absolute Gasteiger partial charge is 0.375 e. The number of carbonyl (C=O) groups excluding carboxylic acids is 1. The third-order valence-corrected chi connectivity index (χ3v) is 2.85. The zero-order valence-corrected chi connectivity index (χ0v) is 9.32. The fraction of sp³-hybridized carbons (Fsp3) is 0.900. The van der Waals surface area contributed by atoms with Crippen molar-refractivity contribution < 1.29 is 9.53 Å². The van der Waals surface area contributed by atoms with Gasteiger partial charge in [0.2, 0.25) is 5.91 Å². The number of ether oxygens (including phenoxy) is 1. The Bertz CT molecular complexity index is 197. The molecule has 4 heteroatoms. The molecule has 4 nitrogen and oxygen atoms in total. The summed E-state index contributed by atoms with van der Waals surface area (Å²) in [5, 5.41) is 0. The second-order valence-electron chi connectivity index (χ2n) is 3.98. The first-order chi connectivity index (χ1) is 6.65. The maximum atomic E-state index is 11.4. The average Bonchev–Trinajstić information content (AvgIpc) is 2.52. The Morgan fingerprint density at radius 1 is 1.64 bits per heavy atom. The first kappa shape index (κ1) is 11.5. The van der Waals surface area contributed by atoms with E-state index in [9.17, 15) is 4.79 Å². The van der Waals surface area contributed by atoms with Crippen molar-refractivity contribution in [2.45, 2.75) is 18.9 Å². The normalized spacial score (nSPS) is 22.6. The molecular formula is C10H20N2O2. The molecule has 1 aliphatic heterocycles. The maximum absolute atomic E-state index is 11.4. The van der Waals surface area contributed by atoms with Crippen molar-refractivity contribution in [2.75, 3.05) is 40.9 Å². The molecule has 1 heterocycles. The Kier molecular flexibility index (Phi) is 4.35. The number of nitrogens with zero attached hydrogens (tertiary/aromatic N) is 2. The highest BCUT2D eigenvalue weighted by molar-refractivity contribution is 5.77. The van der Waals surface area contributed by atoms with E-state index < -0.39 is 0 Å². The van der Waals surface area contributed by atoms with Gasteiger partial charge in [0.1, 0.15) is 6.61 Å². The second-order valence-corrected chi connectivity index (χ2v) is 3.98. The van der Waals surface area contributed by atoms with Crippen molar-refractivity contribution in [3.8, 4) is 0 Å². The predicted molar refractivity (Wildman–Crippen MR) is 55.2 cm³/mol. The van der Waals surface area contributed by atoms with Gasteiger partial charge in [-0.15, -0.1) is 0 Å². The summed E-state index contributed by atoms with van der Waals surface area (Å²) >= 11 is 0.